The van der Waals surface area contributed by atoms with E-state index in [2.05, 4.69) is 5.32 Å². The third-order valence-electron chi connectivity index (χ3n) is 7.29. The molecule has 1 saturated carbocycles. The third-order valence-corrected chi connectivity index (χ3v) is 8.40. The van der Waals surface area contributed by atoms with Crippen molar-refractivity contribution in [3.05, 3.63) is 77.9 Å². The van der Waals surface area contributed by atoms with Crippen molar-refractivity contribution < 1.29 is 31.5 Å². The number of benzene rings is 3. The van der Waals surface area contributed by atoms with Crippen molar-refractivity contribution in [2.75, 3.05) is 17.3 Å². The average molecular weight is 561 g/mol. The molecule has 0 radical (unpaired) electrons. The fraction of sp³-hybridized carbons (Fsp3) is 0.345. The van der Waals surface area contributed by atoms with E-state index in [-0.39, 0.29) is 22.9 Å². The number of carbonyl (C=O) groups excluding carboxylic acids is 1. The second-order valence-corrected chi connectivity index (χ2v) is 12.2. The Labute approximate surface area is 226 Å². The maximum absolute atomic E-state index is 13.6. The first-order chi connectivity index (χ1) is 18.3. The van der Waals surface area contributed by atoms with Gasteiger partial charge in [0.15, 0.2) is 9.84 Å². The maximum atomic E-state index is 13.6. The monoisotopic (exact) mass is 560 g/mol. The SMILES string of the molecule is CS(=O)(=O)c1cccc(-c2cccc(CC(O)(C(=O)Nc3ccc(N)c(C(F)(F)F)c3)C3CCCCC3)c2)c1. The number of nitrogens with one attached hydrogen (secondary N) is 1. The zero-order chi connectivity index (χ0) is 28.4. The molecule has 1 aliphatic carbocycles. The first-order valence-electron chi connectivity index (χ1n) is 12.7. The van der Waals surface area contributed by atoms with E-state index in [1.165, 1.54) is 12.1 Å². The molecule has 4 rings (SSSR count). The number of nitrogens with two attached hydrogens (primary N) is 1. The summed E-state index contributed by atoms with van der Waals surface area (Å²) in [6.07, 6.45) is 0.226. The minimum Gasteiger partial charge on any atom is -0.398 e. The van der Waals surface area contributed by atoms with Gasteiger partial charge >= 0.3 is 6.18 Å². The van der Waals surface area contributed by atoms with Crippen LogP contribution >= 0.6 is 0 Å². The quantitative estimate of drug-likeness (QED) is 0.314. The van der Waals surface area contributed by atoms with Crippen LogP contribution in [0.25, 0.3) is 11.1 Å². The highest BCUT2D eigenvalue weighted by molar-refractivity contribution is 7.90. The summed E-state index contributed by atoms with van der Waals surface area (Å²) in [5.41, 5.74) is 3.98. The molecule has 1 atom stereocenters. The van der Waals surface area contributed by atoms with Crippen molar-refractivity contribution in [3.8, 4) is 11.1 Å². The fourth-order valence-corrected chi connectivity index (χ4v) is 5.85. The standard InChI is InChI=1S/C29H31F3N2O4S/c1-39(37,38)24-12-6-9-21(16-24)20-8-5-7-19(15-20)18-28(36,22-10-3-2-4-11-22)27(35)34-23-13-14-26(33)25(17-23)29(30,31)32/h5-9,12-17,22,36H,2-4,10-11,18,33H2,1H3,(H,34,35). The molecule has 1 unspecified atom stereocenters. The van der Waals surface area contributed by atoms with Gasteiger partial charge in [0.25, 0.3) is 5.91 Å². The molecular formula is C29H31F3N2O4S. The molecule has 4 N–H and O–H groups in total. The highest BCUT2D eigenvalue weighted by Gasteiger charge is 2.44. The van der Waals surface area contributed by atoms with E-state index in [0.717, 1.165) is 37.7 Å². The number of sulfone groups is 1. The Balaban J connectivity index is 1.66. The average Bonchev–Trinajstić information content (AvgIpc) is 2.89. The van der Waals surface area contributed by atoms with Crippen LogP contribution in [0.5, 0.6) is 0 Å². The smallest absolute Gasteiger partial charge is 0.398 e. The van der Waals surface area contributed by atoms with E-state index in [0.29, 0.717) is 29.5 Å². The molecule has 0 spiro atoms. The molecule has 0 heterocycles. The van der Waals surface area contributed by atoms with Crippen LogP contribution in [0, 0.1) is 5.92 Å². The number of hydrogen-bond acceptors (Lipinski definition) is 5. The number of hydrogen-bond donors (Lipinski definition) is 3. The Hall–Kier alpha value is -3.37. The van der Waals surface area contributed by atoms with Crippen molar-refractivity contribution in [3.63, 3.8) is 0 Å². The molecule has 3 aromatic rings. The van der Waals surface area contributed by atoms with Crippen LogP contribution in [0.4, 0.5) is 24.5 Å². The lowest BCUT2D eigenvalue weighted by molar-refractivity contribution is -0.142. The Bertz CT molecular complexity index is 1470. The van der Waals surface area contributed by atoms with Crippen LogP contribution in [-0.4, -0.2) is 31.3 Å². The lowest BCUT2D eigenvalue weighted by Gasteiger charge is -2.37. The summed E-state index contributed by atoms with van der Waals surface area (Å²) in [4.78, 5) is 13.7. The van der Waals surface area contributed by atoms with Gasteiger partial charge in [0, 0.05) is 24.1 Å². The van der Waals surface area contributed by atoms with Gasteiger partial charge in [-0.05, 0) is 65.8 Å². The van der Waals surface area contributed by atoms with E-state index in [9.17, 15) is 31.5 Å². The van der Waals surface area contributed by atoms with Crippen LogP contribution in [-0.2, 0) is 27.2 Å². The highest BCUT2D eigenvalue weighted by Crippen LogP contribution is 2.38. The van der Waals surface area contributed by atoms with Gasteiger partial charge in [-0.15, -0.1) is 0 Å². The lowest BCUT2D eigenvalue weighted by Crippen LogP contribution is -2.51. The summed E-state index contributed by atoms with van der Waals surface area (Å²) < 4.78 is 64.2. The van der Waals surface area contributed by atoms with Crippen molar-refractivity contribution in [1.29, 1.82) is 0 Å². The molecule has 0 aliphatic heterocycles. The second kappa shape index (κ2) is 11.0. The lowest BCUT2D eigenvalue weighted by atomic mass is 9.73. The number of anilines is 2. The molecule has 1 fully saturated rings. The van der Waals surface area contributed by atoms with E-state index >= 15 is 0 Å². The molecule has 0 aromatic heterocycles. The van der Waals surface area contributed by atoms with Crippen LogP contribution in [0.2, 0.25) is 0 Å². The zero-order valence-electron chi connectivity index (χ0n) is 21.5. The number of amides is 1. The summed E-state index contributed by atoms with van der Waals surface area (Å²) in [7, 11) is -3.41. The van der Waals surface area contributed by atoms with E-state index in [1.807, 2.05) is 0 Å². The highest BCUT2D eigenvalue weighted by atomic mass is 32.2. The van der Waals surface area contributed by atoms with E-state index in [1.54, 1.807) is 42.5 Å². The molecule has 10 heteroatoms. The summed E-state index contributed by atoms with van der Waals surface area (Å²) in [6.45, 7) is 0. The predicted octanol–water partition coefficient (Wildman–Crippen LogP) is 5.85. The van der Waals surface area contributed by atoms with Crippen LogP contribution < -0.4 is 11.1 Å². The number of carbonyl (C=O) groups is 1. The summed E-state index contributed by atoms with van der Waals surface area (Å²) in [5.74, 6) is -1.17. The summed E-state index contributed by atoms with van der Waals surface area (Å²) in [5, 5.41) is 14.4. The molecule has 6 nitrogen and oxygen atoms in total. The van der Waals surface area contributed by atoms with Crippen molar-refractivity contribution in [2.24, 2.45) is 5.92 Å². The Morgan fingerprint density at radius 1 is 0.974 bits per heavy atom. The molecule has 3 aromatic carbocycles. The number of aliphatic hydroxyl groups is 1. The number of rotatable bonds is 7. The first kappa shape index (κ1) is 28.6. The summed E-state index contributed by atoms with van der Waals surface area (Å²) >= 11 is 0. The number of alkyl halides is 3. The van der Waals surface area contributed by atoms with Gasteiger partial charge in [0.2, 0.25) is 0 Å². The number of halogens is 3. The first-order valence-corrected chi connectivity index (χ1v) is 14.6. The van der Waals surface area contributed by atoms with Gasteiger partial charge in [-0.1, -0.05) is 55.7 Å². The van der Waals surface area contributed by atoms with E-state index < -0.39 is 38.8 Å². The Kier molecular flexibility index (Phi) is 8.09. The largest absolute Gasteiger partial charge is 0.418 e. The minimum atomic E-state index is -4.70. The predicted molar refractivity (Wildman–Crippen MR) is 145 cm³/mol. The normalized spacial score (nSPS) is 16.4. The molecule has 0 saturated heterocycles. The minimum absolute atomic E-state index is 0.0653. The van der Waals surface area contributed by atoms with Crippen molar-refractivity contribution in [1.82, 2.24) is 0 Å². The molecule has 1 amide bonds. The van der Waals surface area contributed by atoms with Crippen LogP contribution in [0.3, 0.4) is 0 Å². The molecule has 208 valence electrons. The fourth-order valence-electron chi connectivity index (χ4n) is 5.19. The van der Waals surface area contributed by atoms with Gasteiger partial charge < -0.3 is 16.2 Å². The number of nitrogen functional groups attached to an aromatic ring is 1. The molecule has 0 bridgehead atoms. The molecule has 1 aliphatic rings. The molecule has 39 heavy (non-hydrogen) atoms. The van der Waals surface area contributed by atoms with Gasteiger partial charge in [0.1, 0.15) is 5.60 Å². The van der Waals surface area contributed by atoms with Crippen LogP contribution in [0.15, 0.2) is 71.6 Å². The van der Waals surface area contributed by atoms with Crippen molar-refractivity contribution >= 4 is 27.1 Å². The summed E-state index contributed by atoms with van der Waals surface area (Å²) in [6, 6.07) is 16.7. The molecular weight excluding hydrogens is 529 g/mol. The van der Waals surface area contributed by atoms with Crippen molar-refractivity contribution in [2.45, 2.75) is 55.2 Å². The third kappa shape index (κ3) is 6.62. The van der Waals surface area contributed by atoms with Gasteiger partial charge in [-0.2, -0.15) is 13.2 Å². The van der Waals surface area contributed by atoms with E-state index in [4.69, 9.17) is 5.73 Å². The Morgan fingerprint density at radius 2 is 1.62 bits per heavy atom. The topological polar surface area (TPSA) is 109 Å². The Morgan fingerprint density at radius 3 is 2.26 bits per heavy atom. The maximum Gasteiger partial charge on any atom is 0.418 e. The van der Waals surface area contributed by atoms with Gasteiger partial charge in [-0.25, -0.2) is 8.42 Å². The van der Waals surface area contributed by atoms with Gasteiger partial charge in [0.05, 0.1) is 10.5 Å². The zero-order valence-corrected chi connectivity index (χ0v) is 22.3. The van der Waals surface area contributed by atoms with Gasteiger partial charge in [-0.3, -0.25) is 4.79 Å². The van der Waals surface area contributed by atoms with Crippen LogP contribution in [0.1, 0.15) is 43.2 Å². The second-order valence-electron chi connectivity index (χ2n) is 10.2.